The van der Waals surface area contributed by atoms with Crippen LogP contribution in [0.4, 0.5) is 11.4 Å². The number of anilines is 2. The van der Waals surface area contributed by atoms with E-state index in [-0.39, 0.29) is 12.2 Å². The second kappa shape index (κ2) is 7.26. The van der Waals surface area contributed by atoms with Gasteiger partial charge in [-0.25, -0.2) is 4.79 Å². The molecule has 0 saturated carbocycles. The van der Waals surface area contributed by atoms with Gasteiger partial charge in [-0.05, 0) is 59.3 Å². The number of amides is 1. The van der Waals surface area contributed by atoms with Crippen LogP contribution in [0.2, 0.25) is 0 Å². The van der Waals surface area contributed by atoms with E-state index in [1.807, 2.05) is 18.2 Å². The number of hydrogen-bond donors (Lipinski definition) is 2. The third-order valence-corrected chi connectivity index (χ3v) is 3.66. The number of rotatable bonds is 4. The van der Waals surface area contributed by atoms with Crippen molar-refractivity contribution in [3.05, 3.63) is 57.2 Å². The highest BCUT2D eigenvalue weighted by atomic mass is 127. The molecule has 0 aromatic heterocycles. The fourth-order valence-electron chi connectivity index (χ4n) is 1.83. The number of nitrogen functional groups attached to an aromatic ring is 1. The zero-order valence-electron chi connectivity index (χ0n) is 11.9. The number of aryl methyl sites for hydroxylation is 1. The lowest BCUT2D eigenvalue weighted by Crippen LogP contribution is -2.21. The molecule has 6 heteroatoms. The van der Waals surface area contributed by atoms with Crippen LogP contribution < -0.4 is 11.1 Å². The Morgan fingerprint density at radius 3 is 2.68 bits per heavy atom. The van der Waals surface area contributed by atoms with Gasteiger partial charge in [-0.15, -0.1) is 0 Å². The van der Waals surface area contributed by atoms with Crippen LogP contribution in [0, 0.1) is 10.5 Å². The second-order valence-electron chi connectivity index (χ2n) is 4.67. The van der Waals surface area contributed by atoms with E-state index in [4.69, 9.17) is 10.5 Å². The van der Waals surface area contributed by atoms with Crippen LogP contribution in [0.15, 0.2) is 42.5 Å². The summed E-state index contributed by atoms with van der Waals surface area (Å²) in [6, 6.07) is 12.4. The van der Waals surface area contributed by atoms with Gasteiger partial charge in [-0.1, -0.05) is 18.2 Å². The van der Waals surface area contributed by atoms with Crippen LogP contribution in [-0.4, -0.2) is 18.5 Å². The van der Waals surface area contributed by atoms with Crippen molar-refractivity contribution < 1.29 is 14.3 Å². The molecule has 0 unspecified atom stereocenters. The SMILES string of the molecule is Cc1cccc(C(=O)OCC(=O)Nc2cccc(I)c2)c1N. The summed E-state index contributed by atoms with van der Waals surface area (Å²) in [6.07, 6.45) is 0. The molecule has 22 heavy (non-hydrogen) atoms. The average molecular weight is 410 g/mol. The molecule has 114 valence electrons. The minimum Gasteiger partial charge on any atom is -0.452 e. The van der Waals surface area contributed by atoms with Crippen molar-refractivity contribution in [1.82, 2.24) is 0 Å². The summed E-state index contributed by atoms with van der Waals surface area (Å²) < 4.78 is 6.00. The largest absolute Gasteiger partial charge is 0.452 e. The van der Waals surface area contributed by atoms with Crippen molar-refractivity contribution in [2.24, 2.45) is 0 Å². The summed E-state index contributed by atoms with van der Waals surface area (Å²) in [5.41, 5.74) is 7.91. The number of halogens is 1. The van der Waals surface area contributed by atoms with Gasteiger partial charge in [0.25, 0.3) is 5.91 Å². The number of nitrogens with one attached hydrogen (secondary N) is 1. The van der Waals surface area contributed by atoms with Crippen molar-refractivity contribution in [3.8, 4) is 0 Å². The molecule has 0 aliphatic carbocycles. The van der Waals surface area contributed by atoms with Gasteiger partial charge in [-0.2, -0.15) is 0 Å². The van der Waals surface area contributed by atoms with Crippen molar-refractivity contribution in [2.45, 2.75) is 6.92 Å². The minimum atomic E-state index is -0.612. The molecular formula is C16H15IN2O3. The maximum Gasteiger partial charge on any atom is 0.340 e. The molecule has 5 nitrogen and oxygen atoms in total. The molecule has 2 aromatic rings. The Hall–Kier alpha value is -2.09. The standard InChI is InChI=1S/C16H15IN2O3/c1-10-4-2-7-13(15(10)18)16(21)22-9-14(20)19-12-6-3-5-11(17)8-12/h2-8H,9,18H2,1H3,(H,19,20). The average Bonchev–Trinajstić information content (AvgIpc) is 2.47. The molecule has 0 aliphatic heterocycles. The van der Waals surface area contributed by atoms with Crippen LogP contribution in [0.5, 0.6) is 0 Å². The second-order valence-corrected chi connectivity index (χ2v) is 5.92. The maximum atomic E-state index is 11.9. The van der Waals surface area contributed by atoms with Crippen molar-refractivity contribution >= 4 is 45.8 Å². The van der Waals surface area contributed by atoms with E-state index in [9.17, 15) is 9.59 Å². The van der Waals surface area contributed by atoms with Gasteiger partial charge in [0, 0.05) is 14.9 Å². The van der Waals surface area contributed by atoms with Gasteiger partial charge >= 0.3 is 5.97 Å². The van der Waals surface area contributed by atoms with Crippen molar-refractivity contribution in [1.29, 1.82) is 0 Å². The lowest BCUT2D eigenvalue weighted by Gasteiger charge is -2.09. The predicted octanol–water partition coefficient (Wildman–Crippen LogP) is 2.98. The minimum absolute atomic E-state index is 0.266. The number of carbonyl (C=O) groups is 2. The first-order chi connectivity index (χ1) is 10.5. The maximum absolute atomic E-state index is 11.9. The van der Waals surface area contributed by atoms with E-state index in [0.29, 0.717) is 11.4 Å². The smallest absolute Gasteiger partial charge is 0.340 e. The summed E-state index contributed by atoms with van der Waals surface area (Å²) in [4.78, 5) is 23.7. The lowest BCUT2D eigenvalue weighted by molar-refractivity contribution is -0.119. The first-order valence-corrected chi connectivity index (χ1v) is 7.63. The molecule has 0 saturated heterocycles. The van der Waals surface area contributed by atoms with Crippen LogP contribution in [-0.2, 0) is 9.53 Å². The number of hydrogen-bond acceptors (Lipinski definition) is 4. The Balaban J connectivity index is 1.93. The van der Waals surface area contributed by atoms with E-state index in [1.54, 1.807) is 31.2 Å². The number of ether oxygens (including phenoxy) is 1. The van der Waals surface area contributed by atoms with Crippen LogP contribution >= 0.6 is 22.6 Å². The fraction of sp³-hybridized carbons (Fsp3) is 0.125. The van der Waals surface area contributed by atoms with Crippen molar-refractivity contribution in [3.63, 3.8) is 0 Å². The molecule has 0 radical (unpaired) electrons. The van der Waals surface area contributed by atoms with Crippen molar-refractivity contribution in [2.75, 3.05) is 17.7 Å². The normalized spacial score (nSPS) is 10.1. The Bertz CT molecular complexity index is 716. The Labute approximate surface area is 142 Å². The van der Waals surface area contributed by atoms with E-state index < -0.39 is 11.9 Å². The molecule has 2 rings (SSSR count). The van der Waals surface area contributed by atoms with Gasteiger partial charge in [0.1, 0.15) is 0 Å². The van der Waals surface area contributed by atoms with E-state index in [2.05, 4.69) is 27.9 Å². The summed E-state index contributed by atoms with van der Waals surface area (Å²) >= 11 is 2.15. The number of carbonyl (C=O) groups excluding carboxylic acids is 2. The topological polar surface area (TPSA) is 81.4 Å². The molecule has 2 aromatic carbocycles. The predicted molar refractivity (Wildman–Crippen MR) is 93.7 cm³/mol. The zero-order chi connectivity index (χ0) is 16.1. The first kappa shape index (κ1) is 16.3. The summed E-state index contributed by atoms with van der Waals surface area (Å²) in [5.74, 6) is -1.01. The molecule has 3 N–H and O–H groups in total. The summed E-state index contributed by atoms with van der Waals surface area (Å²) in [5, 5.41) is 2.66. The molecule has 0 atom stereocenters. The van der Waals surface area contributed by atoms with E-state index >= 15 is 0 Å². The first-order valence-electron chi connectivity index (χ1n) is 6.55. The fourth-order valence-corrected chi connectivity index (χ4v) is 2.37. The van der Waals surface area contributed by atoms with Gasteiger partial charge in [0.15, 0.2) is 6.61 Å². The molecule has 0 heterocycles. The quantitative estimate of drug-likeness (QED) is 0.462. The highest BCUT2D eigenvalue weighted by Crippen LogP contribution is 2.17. The Morgan fingerprint density at radius 2 is 1.95 bits per heavy atom. The highest BCUT2D eigenvalue weighted by Gasteiger charge is 2.14. The molecule has 0 aliphatic rings. The molecular weight excluding hydrogens is 395 g/mol. The summed E-state index contributed by atoms with van der Waals surface area (Å²) in [6.45, 7) is 1.44. The van der Waals surface area contributed by atoms with E-state index in [0.717, 1.165) is 9.13 Å². The Morgan fingerprint density at radius 1 is 1.23 bits per heavy atom. The molecule has 0 fully saturated rings. The van der Waals surface area contributed by atoms with E-state index in [1.165, 1.54) is 0 Å². The number of para-hydroxylation sites is 1. The molecule has 1 amide bonds. The molecule has 0 spiro atoms. The van der Waals surface area contributed by atoms with Crippen LogP contribution in [0.3, 0.4) is 0 Å². The van der Waals surface area contributed by atoms with Gasteiger partial charge in [-0.3, -0.25) is 4.79 Å². The third-order valence-electron chi connectivity index (χ3n) is 2.99. The van der Waals surface area contributed by atoms with Gasteiger partial charge < -0.3 is 15.8 Å². The van der Waals surface area contributed by atoms with Crippen LogP contribution in [0.25, 0.3) is 0 Å². The summed E-state index contributed by atoms with van der Waals surface area (Å²) in [7, 11) is 0. The molecule has 0 bridgehead atoms. The number of esters is 1. The van der Waals surface area contributed by atoms with Gasteiger partial charge in [0.05, 0.1) is 5.56 Å². The lowest BCUT2D eigenvalue weighted by atomic mass is 10.1. The number of nitrogens with two attached hydrogens (primary N) is 1. The van der Waals surface area contributed by atoms with Crippen LogP contribution in [0.1, 0.15) is 15.9 Å². The number of benzene rings is 2. The monoisotopic (exact) mass is 410 g/mol. The Kier molecular flexibility index (Phi) is 5.37. The highest BCUT2D eigenvalue weighted by molar-refractivity contribution is 14.1. The van der Waals surface area contributed by atoms with Gasteiger partial charge in [0.2, 0.25) is 0 Å². The third kappa shape index (κ3) is 4.20. The zero-order valence-corrected chi connectivity index (χ0v) is 14.1.